The summed E-state index contributed by atoms with van der Waals surface area (Å²) in [7, 11) is 1.59. The van der Waals surface area contributed by atoms with Crippen molar-refractivity contribution in [3.63, 3.8) is 0 Å². The van der Waals surface area contributed by atoms with Crippen LogP contribution >= 0.6 is 11.3 Å². The zero-order valence-electron chi connectivity index (χ0n) is 11.9. The molecule has 0 spiro atoms. The van der Waals surface area contributed by atoms with Crippen LogP contribution in [0, 0.1) is 0 Å². The number of carbonyl (C=O) groups is 1. The Bertz CT molecular complexity index is 628. The molecule has 1 amide bonds. The largest absolute Gasteiger partial charge is 0.493 e. The number of carbonyl (C=O) groups excluding carboxylic acids is 1. The molecule has 0 saturated heterocycles. The van der Waals surface area contributed by atoms with Gasteiger partial charge in [0.2, 0.25) is 0 Å². The summed E-state index contributed by atoms with van der Waals surface area (Å²) >= 11 is 1.37. The molecule has 2 rings (SSSR count). The van der Waals surface area contributed by atoms with E-state index >= 15 is 0 Å². The molecule has 0 bridgehead atoms. The van der Waals surface area contributed by atoms with Gasteiger partial charge in [-0.15, -0.1) is 11.3 Å². The van der Waals surface area contributed by atoms with Crippen LogP contribution in [0.25, 0.3) is 10.6 Å². The van der Waals surface area contributed by atoms with Crippen LogP contribution in [0.1, 0.15) is 23.8 Å². The molecule has 0 aliphatic rings. The van der Waals surface area contributed by atoms with Gasteiger partial charge in [-0.25, -0.2) is 10.8 Å². The van der Waals surface area contributed by atoms with Gasteiger partial charge in [0.25, 0.3) is 5.91 Å². The predicted octanol–water partition coefficient (Wildman–Crippen LogP) is 2.21. The molecule has 3 N–H and O–H groups in total. The minimum Gasteiger partial charge on any atom is -0.493 e. The van der Waals surface area contributed by atoms with Crippen molar-refractivity contribution in [3.8, 4) is 22.1 Å². The number of ether oxygens (including phenoxy) is 2. The molecule has 0 saturated carbocycles. The fraction of sp³-hybridized carbons (Fsp3) is 0.286. The summed E-state index contributed by atoms with van der Waals surface area (Å²) in [4.78, 5) is 15.7. The predicted molar refractivity (Wildman–Crippen MR) is 81.5 cm³/mol. The first-order valence-electron chi connectivity index (χ1n) is 6.47. The summed E-state index contributed by atoms with van der Waals surface area (Å²) in [6, 6.07) is 5.57. The second-order valence-corrected chi connectivity index (χ2v) is 5.08. The second-order valence-electron chi connectivity index (χ2n) is 4.23. The fourth-order valence-electron chi connectivity index (χ4n) is 1.72. The van der Waals surface area contributed by atoms with Crippen molar-refractivity contribution in [1.82, 2.24) is 10.4 Å². The molecule has 112 valence electrons. The van der Waals surface area contributed by atoms with E-state index < -0.39 is 5.91 Å². The lowest BCUT2D eigenvalue weighted by Crippen LogP contribution is -2.30. The summed E-state index contributed by atoms with van der Waals surface area (Å²) in [5, 5.41) is 2.37. The highest BCUT2D eigenvalue weighted by Crippen LogP contribution is 2.33. The monoisotopic (exact) mass is 307 g/mol. The lowest BCUT2D eigenvalue weighted by molar-refractivity contribution is 0.0949. The lowest BCUT2D eigenvalue weighted by Gasteiger charge is -2.10. The first kappa shape index (κ1) is 15.3. The van der Waals surface area contributed by atoms with E-state index in [0.29, 0.717) is 28.8 Å². The quantitative estimate of drug-likeness (QED) is 0.485. The zero-order chi connectivity index (χ0) is 15.2. The van der Waals surface area contributed by atoms with Gasteiger partial charge in [0.05, 0.1) is 13.7 Å². The molecular weight excluding hydrogens is 290 g/mol. The molecule has 0 unspecified atom stereocenters. The molecule has 0 radical (unpaired) electrons. The Morgan fingerprint density at radius 1 is 1.43 bits per heavy atom. The minimum atomic E-state index is -0.410. The third kappa shape index (κ3) is 3.50. The molecule has 0 aliphatic carbocycles. The topological polar surface area (TPSA) is 86.5 Å². The zero-order valence-corrected chi connectivity index (χ0v) is 12.7. The normalized spacial score (nSPS) is 10.2. The number of nitrogens with one attached hydrogen (secondary N) is 1. The van der Waals surface area contributed by atoms with Gasteiger partial charge in [0.15, 0.2) is 11.5 Å². The molecule has 0 fully saturated rings. The molecule has 0 atom stereocenters. The van der Waals surface area contributed by atoms with E-state index in [1.54, 1.807) is 12.5 Å². The first-order chi connectivity index (χ1) is 10.2. The SMILES string of the molecule is CCCOc1ccc(-c2nc(C(=O)NN)cs2)cc1OC. The number of hydrogen-bond acceptors (Lipinski definition) is 6. The van der Waals surface area contributed by atoms with E-state index in [2.05, 4.69) is 10.4 Å². The van der Waals surface area contributed by atoms with Crippen molar-refractivity contribution >= 4 is 17.2 Å². The van der Waals surface area contributed by atoms with E-state index in [4.69, 9.17) is 15.3 Å². The van der Waals surface area contributed by atoms with E-state index in [1.807, 2.05) is 25.1 Å². The maximum Gasteiger partial charge on any atom is 0.284 e. The molecule has 1 heterocycles. The average molecular weight is 307 g/mol. The number of nitrogen functional groups attached to an aromatic ring is 1. The molecule has 21 heavy (non-hydrogen) atoms. The van der Waals surface area contributed by atoms with Crippen LogP contribution < -0.4 is 20.7 Å². The number of amides is 1. The number of benzene rings is 1. The Balaban J connectivity index is 2.28. The fourth-order valence-corrected chi connectivity index (χ4v) is 2.51. The van der Waals surface area contributed by atoms with Gasteiger partial charge in [-0.3, -0.25) is 10.2 Å². The third-order valence-corrected chi connectivity index (χ3v) is 3.63. The van der Waals surface area contributed by atoms with Crippen LogP contribution in [0.4, 0.5) is 0 Å². The van der Waals surface area contributed by atoms with Crippen LogP contribution in [0.5, 0.6) is 11.5 Å². The Morgan fingerprint density at radius 2 is 2.24 bits per heavy atom. The Hall–Kier alpha value is -2.12. The smallest absolute Gasteiger partial charge is 0.284 e. The highest BCUT2D eigenvalue weighted by atomic mass is 32.1. The maximum absolute atomic E-state index is 11.4. The minimum absolute atomic E-state index is 0.294. The average Bonchev–Trinajstić information content (AvgIpc) is 3.01. The number of nitrogens with zero attached hydrogens (tertiary/aromatic N) is 1. The van der Waals surface area contributed by atoms with Gasteiger partial charge >= 0.3 is 0 Å². The van der Waals surface area contributed by atoms with E-state index in [0.717, 1.165) is 12.0 Å². The number of methoxy groups -OCH3 is 1. The van der Waals surface area contributed by atoms with Crippen LogP contribution in [0.2, 0.25) is 0 Å². The number of hydrazine groups is 1. The lowest BCUT2D eigenvalue weighted by atomic mass is 10.2. The van der Waals surface area contributed by atoms with E-state index in [1.165, 1.54) is 11.3 Å². The van der Waals surface area contributed by atoms with Gasteiger partial charge in [-0.2, -0.15) is 0 Å². The van der Waals surface area contributed by atoms with E-state index in [-0.39, 0.29) is 0 Å². The van der Waals surface area contributed by atoms with Gasteiger partial charge in [0, 0.05) is 10.9 Å². The Kier molecular flexibility index (Phi) is 5.13. The highest BCUT2D eigenvalue weighted by molar-refractivity contribution is 7.13. The van der Waals surface area contributed by atoms with E-state index in [9.17, 15) is 4.79 Å². The molecule has 1 aromatic carbocycles. The molecule has 6 nitrogen and oxygen atoms in total. The first-order valence-corrected chi connectivity index (χ1v) is 7.35. The molecule has 2 aromatic rings. The van der Waals surface area contributed by atoms with Crippen molar-refractivity contribution in [2.24, 2.45) is 5.84 Å². The summed E-state index contributed by atoms with van der Waals surface area (Å²) in [5.74, 6) is 6.02. The van der Waals surface area contributed by atoms with Gasteiger partial charge in [-0.05, 0) is 24.6 Å². The van der Waals surface area contributed by atoms with Crippen molar-refractivity contribution in [1.29, 1.82) is 0 Å². The summed E-state index contributed by atoms with van der Waals surface area (Å²) in [6.45, 7) is 2.67. The van der Waals surface area contributed by atoms with Crippen LogP contribution in [-0.4, -0.2) is 24.6 Å². The van der Waals surface area contributed by atoms with Gasteiger partial charge in [-0.1, -0.05) is 6.92 Å². The summed E-state index contributed by atoms with van der Waals surface area (Å²) < 4.78 is 10.9. The standard InChI is InChI=1S/C14H17N3O3S/c1-3-6-20-11-5-4-9(7-12(11)19-2)14-16-10(8-21-14)13(18)17-15/h4-5,7-8H,3,6,15H2,1-2H3,(H,17,18). The van der Waals surface area contributed by atoms with Crippen LogP contribution in [0.15, 0.2) is 23.6 Å². The van der Waals surface area contributed by atoms with Crippen molar-refractivity contribution in [2.45, 2.75) is 13.3 Å². The number of thiazole rings is 1. The van der Waals surface area contributed by atoms with Crippen molar-refractivity contribution in [3.05, 3.63) is 29.3 Å². The number of nitrogens with two attached hydrogens (primary N) is 1. The second kappa shape index (κ2) is 7.05. The molecule has 7 heteroatoms. The van der Waals surface area contributed by atoms with Crippen molar-refractivity contribution in [2.75, 3.05) is 13.7 Å². The maximum atomic E-state index is 11.4. The third-order valence-electron chi connectivity index (χ3n) is 2.74. The molecular formula is C14H17N3O3S. The molecule has 1 aromatic heterocycles. The van der Waals surface area contributed by atoms with Crippen LogP contribution in [-0.2, 0) is 0 Å². The number of rotatable bonds is 6. The summed E-state index contributed by atoms with van der Waals surface area (Å²) in [5.41, 5.74) is 3.21. The van der Waals surface area contributed by atoms with Crippen LogP contribution in [0.3, 0.4) is 0 Å². The van der Waals surface area contributed by atoms with Crippen molar-refractivity contribution < 1.29 is 14.3 Å². The Labute approximate surface area is 126 Å². The number of aromatic nitrogens is 1. The van der Waals surface area contributed by atoms with Gasteiger partial charge in [0.1, 0.15) is 10.7 Å². The summed E-state index contributed by atoms with van der Waals surface area (Å²) in [6.07, 6.45) is 0.926. The number of hydrogen-bond donors (Lipinski definition) is 2. The van der Waals surface area contributed by atoms with Gasteiger partial charge < -0.3 is 9.47 Å². The Morgan fingerprint density at radius 3 is 2.90 bits per heavy atom. The molecule has 0 aliphatic heterocycles. The highest BCUT2D eigenvalue weighted by Gasteiger charge is 2.13.